The molecule has 1 heterocycles. The van der Waals surface area contributed by atoms with E-state index in [1.165, 1.54) is 103 Å². The van der Waals surface area contributed by atoms with Gasteiger partial charge in [0.05, 0.1) is 5.60 Å². The summed E-state index contributed by atoms with van der Waals surface area (Å²) in [5, 5.41) is 0. The summed E-state index contributed by atoms with van der Waals surface area (Å²) in [7, 11) is 0. The average Bonchev–Trinajstić information content (AvgIpc) is 2.94. The molecule has 1 aliphatic heterocycles. The van der Waals surface area contributed by atoms with Crippen molar-refractivity contribution in [1.29, 1.82) is 0 Å². The lowest BCUT2D eigenvalue weighted by Gasteiger charge is -2.47. The summed E-state index contributed by atoms with van der Waals surface area (Å²) in [6.07, 6.45) is 23.0. The Morgan fingerprint density at radius 1 is 0.524 bits per heavy atom. The molecule has 1 saturated heterocycles. The van der Waals surface area contributed by atoms with Crippen LogP contribution in [0.1, 0.15) is 103 Å². The highest BCUT2D eigenvalue weighted by molar-refractivity contribution is 4.97. The third kappa shape index (κ3) is 3.84. The minimum absolute atomic E-state index is 0.286. The average molecular weight is 293 g/mol. The number of rotatable bonds is 2. The van der Waals surface area contributed by atoms with E-state index in [0.29, 0.717) is 0 Å². The Morgan fingerprint density at radius 3 is 1.67 bits per heavy atom. The molecule has 0 N–H and O–H groups in total. The molecule has 21 heavy (non-hydrogen) atoms. The first kappa shape index (κ1) is 15.8. The molecule has 1 nitrogen and oxygen atoms in total. The molecule has 3 rings (SSSR count). The molecular weight excluding hydrogens is 256 g/mol. The van der Waals surface area contributed by atoms with Gasteiger partial charge in [0.15, 0.2) is 0 Å². The standard InChI is InChI=1S/C20H36O/c1-2-6-12-18(13-7-3-1)20(19-14-8-9-15-19)16-10-4-5-11-17-21-20/h18-19H,1-17H2. The van der Waals surface area contributed by atoms with Gasteiger partial charge in [-0.1, -0.05) is 64.2 Å². The molecule has 0 spiro atoms. The smallest absolute Gasteiger partial charge is 0.0738 e. The van der Waals surface area contributed by atoms with Crippen molar-refractivity contribution in [2.45, 2.75) is 108 Å². The molecule has 0 aromatic carbocycles. The Bertz CT molecular complexity index is 276. The summed E-state index contributed by atoms with van der Waals surface area (Å²) in [6, 6.07) is 0. The van der Waals surface area contributed by atoms with Crippen LogP contribution in [-0.2, 0) is 4.74 Å². The maximum absolute atomic E-state index is 6.79. The number of hydrogen-bond donors (Lipinski definition) is 0. The van der Waals surface area contributed by atoms with Gasteiger partial charge in [-0.15, -0.1) is 0 Å². The van der Waals surface area contributed by atoms with Gasteiger partial charge in [-0.3, -0.25) is 0 Å². The molecule has 1 unspecified atom stereocenters. The van der Waals surface area contributed by atoms with Crippen molar-refractivity contribution >= 4 is 0 Å². The van der Waals surface area contributed by atoms with E-state index in [0.717, 1.165) is 18.4 Å². The molecule has 0 aromatic heterocycles. The molecule has 1 heteroatoms. The van der Waals surface area contributed by atoms with Gasteiger partial charge >= 0.3 is 0 Å². The maximum Gasteiger partial charge on any atom is 0.0738 e. The summed E-state index contributed by atoms with van der Waals surface area (Å²) in [5.41, 5.74) is 0.286. The molecule has 2 saturated carbocycles. The van der Waals surface area contributed by atoms with E-state index in [1.807, 2.05) is 0 Å². The van der Waals surface area contributed by atoms with Crippen LogP contribution in [0.3, 0.4) is 0 Å². The van der Waals surface area contributed by atoms with Gasteiger partial charge in [-0.05, 0) is 50.4 Å². The molecule has 0 bridgehead atoms. The molecule has 1 atom stereocenters. The summed E-state index contributed by atoms with van der Waals surface area (Å²) in [6.45, 7) is 1.05. The zero-order valence-corrected chi connectivity index (χ0v) is 14.1. The lowest BCUT2D eigenvalue weighted by atomic mass is 9.68. The third-order valence-electron chi connectivity index (χ3n) is 6.68. The van der Waals surface area contributed by atoms with Crippen LogP contribution in [0.25, 0.3) is 0 Å². The minimum Gasteiger partial charge on any atom is -0.374 e. The second-order valence-electron chi connectivity index (χ2n) is 7.99. The van der Waals surface area contributed by atoms with Crippen molar-refractivity contribution in [2.75, 3.05) is 6.61 Å². The van der Waals surface area contributed by atoms with E-state index in [1.54, 1.807) is 0 Å². The Kier molecular flexibility index (Phi) is 6.03. The van der Waals surface area contributed by atoms with Gasteiger partial charge in [-0.2, -0.15) is 0 Å². The predicted octanol–water partition coefficient (Wildman–Crippen LogP) is 6.26. The quantitative estimate of drug-likeness (QED) is 0.584. The highest BCUT2D eigenvalue weighted by atomic mass is 16.5. The van der Waals surface area contributed by atoms with Gasteiger partial charge in [0.1, 0.15) is 0 Å². The summed E-state index contributed by atoms with van der Waals surface area (Å²) in [5.74, 6) is 1.76. The Morgan fingerprint density at radius 2 is 1.00 bits per heavy atom. The molecule has 0 aromatic rings. The van der Waals surface area contributed by atoms with Gasteiger partial charge < -0.3 is 4.74 Å². The molecule has 2 aliphatic carbocycles. The minimum atomic E-state index is 0.286. The topological polar surface area (TPSA) is 9.23 Å². The largest absolute Gasteiger partial charge is 0.374 e. The van der Waals surface area contributed by atoms with Crippen molar-refractivity contribution in [3.63, 3.8) is 0 Å². The number of ether oxygens (including phenoxy) is 1. The number of hydrogen-bond acceptors (Lipinski definition) is 1. The molecule has 3 aliphatic rings. The van der Waals surface area contributed by atoms with Crippen LogP contribution in [0.2, 0.25) is 0 Å². The van der Waals surface area contributed by atoms with Crippen LogP contribution in [-0.4, -0.2) is 12.2 Å². The predicted molar refractivity (Wildman–Crippen MR) is 89.5 cm³/mol. The van der Waals surface area contributed by atoms with E-state index in [-0.39, 0.29) is 5.60 Å². The summed E-state index contributed by atoms with van der Waals surface area (Å²) < 4.78 is 6.79. The van der Waals surface area contributed by atoms with Crippen molar-refractivity contribution in [1.82, 2.24) is 0 Å². The first-order valence-corrected chi connectivity index (χ1v) is 10.1. The Balaban J connectivity index is 1.78. The fraction of sp³-hybridized carbons (Fsp3) is 1.00. The highest BCUT2D eigenvalue weighted by Gasteiger charge is 2.46. The Hall–Kier alpha value is -0.0400. The van der Waals surface area contributed by atoms with Crippen LogP contribution in [0, 0.1) is 11.8 Å². The van der Waals surface area contributed by atoms with E-state index in [9.17, 15) is 0 Å². The zero-order valence-electron chi connectivity index (χ0n) is 14.1. The fourth-order valence-corrected chi connectivity index (χ4v) is 5.53. The summed E-state index contributed by atoms with van der Waals surface area (Å²) in [4.78, 5) is 0. The third-order valence-corrected chi connectivity index (χ3v) is 6.68. The normalized spacial score (nSPS) is 34.9. The second-order valence-corrected chi connectivity index (χ2v) is 7.99. The second kappa shape index (κ2) is 7.99. The Labute approximate surface area is 132 Å². The van der Waals surface area contributed by atoms with Gasteiger partial charge in [0.2, 0.25) is 0 Å². The molecule has 0 radical (unpaired) electrons. The lowest BCUT2D eigenvalue weighted by Crippen LogP contribution is -2.48. The molecule has 0 amide bonds. The van der Waals surface area contributed by atoms with E-state index in [4.69, 9.17) is 4.74 Å². The van der Waals surface area contributed by atoms with Crippen LogP contribution < -0.4 is 0 Å². The maximum atomic E-state index is 6.79. The summed E-state index contributed by atoms with van der Waals surface area (Å²) >= 11 is 0. The van der Waals surface area contributed by atoms with Crippen LogP contribution in [0.15, 0.2) is 0 Å². The van der Waals surface area contributed by atoms with Gasteiger partial charge in [0.25, 0.3) is 0 Å². The lowest BCUT2D eigenvalue weighted by molar-refractivity contribution is -0.142. The van der Waals surface area contributed by atoms with Gasteiger partial charge in [0, 0.05) is 6.61 Å². The van der Waals surface area contributed by atoms with Crippen molar-refractivity contribution in [2.24, 2.45) is 11.8 Å². The monoisotopic (exact) mass is 292 g/mol. The molecule has 122 valence electrons. The SMILES string of the molecule is C1CCCC(C2(C3CCCC3)CCCCCCO2)CCC1. The van der Waals surface area contributed by atoms with Crippen LogP contribution in [0.4, 0.5) is 0 Å². The van der Waals surface area contributed by atoms with Crippen molar-refractivity contribution in [3.05, 3.63) is 0 Å². The fourth-order valence-electron chi connectivity index (χ4n) is 5.53. The van der Waals surface area contributed by atoms with E-state index in [2.05, 4.69) is 0 Å². The van der Waals surface area contributed by atoms with Crippen LogP contribution in [0.5, 0.6) is 0 Å². The van der Waals surface area contributed by atoms with E-state index >= 15 is 0 Å². The van der Waals surface area contributed by atoms with E-state index < -0.39 is 0 Å². The molecule has 3 fully saturated rings. The first-order valence-electron chi connectivity index (χ1n) is 10.1. The van der Waals surface area contributed by atoms with Crippen molar-refractivity contribution < 1.29 is 4.74 Å². The zero-order chi connectivity index (χ0) is 14.4. The van der Waals surface area contributed by atoms with Crippen LogP contribution >= 0.6 is 0 Å². The van der Waals surface area contributed by atoms with Crippen molar-refractivity contribution in [3.8, 4) is 0 Å². The highest BCUT2D eigenvalue weighted by Crippen LogP contribution is 2.48. The molecular formula is C20H36O. The first-order chi connectivity index (χ1) is 10.4. The van der Waals surface area contributed by atoms with Gasteiger partial charge in [-0.25, -0.2) is 0 Å².